The van der Waals surface area contributed by atoms with Gasteiger partial charge in [-0.25, -0.2) is 4.39 Å². The van der Waals surface area contributed by atoms with Crippen molar-refractivity contribution in [2.24, 2.45) is 0 Å². The second-order valence-corrected chi connectivity index (χ2v) is 4.63. The van der Waals surface area contributed by atoms with Gasteiger partial charge in [-0.3, -0.25) is 0 Å². The van der Waals surface area contributed by atoms with Crippen LogP contribution in [-0.2, 0) is 13.2 Å². The van der Waals surface area contributed by atoms with Crippen LogP contribution in [0.15, 0.2) is 42.5 Å². The zero-order valence-corrected chi connectivity index (χ0v) is 11.9. The van der Waals surface area contributed by atoms with Crippen molar-refractivity contribution in [1.29, 1.82) is 5.26 Å². The average Bonchev–Trinajstić information content (AvgIpc) is 2.52. The lowest BCUT2D eigenvalue weighted by Gasteiger charge is -2.09. The number of hydrogen-bond acceptors (Lipinski definition) is 3. The largest absolute Gasteiger partial charge is 0.489 e. The summed E-state index contributed by atoms with van der Waals surface area (Å²) in [7, 11) is 0. The van der Waals surface area contributed by atoms with Gasteiger partial charge in [-0.05, 0) is 42.4 Å². The van der Waals surface area contributed by atoms with E-state index >= 15 is 0 Å². The zero-order chi connectivity index (χ0) is 15.1. The van der Waals surface area contributed by atoms with E-state index in [1.165, 1.54) is 23.8 Å². The number of nitrogens with one attached hydrogen (secondary N) is 1. The van der Waals surface area contributed by atoms with Gasteiger partial charge in [0.15, 0.2) is 0 Å². The Hall–Kier alpha value is -2.38. The highest BCUT2D eigenvalue weighted by Crippen LogP contribution is 2.16. The SMILES string of the molecule is CCNCc1ccc(OCc2cc(F)ccc2C#N)cc1. The van der Waals surface area contributed by atoms with Gasteiger partial charge < -0.3 is 10.1 Å². The first kappa shape index (κ1) is 15.0. The molecule has 21 heavy (non-hydrogen) atoms. The summed E-state index contributed by atoms with van der Waals surface area (Å²) < 4.78 is 18.8. The Morgan fingerprint density at radius 2 is 1.95 bits per heavy atom. The van der Waals surface area contributed by atoms with Crippen molar-refractivity contribution in [2.45, 2.75) is 20.1 Å². The maximum atomic E-state index is 13.2. The van der Waals surface area contributed by atoms with Gasteiger partial charge in [0, 0.05) is 12.1 Å². The molecular formula is C17H17FN2O. The highest BCUT2D eigenvalue weighted by Gasteiger charge is 2.05. The first-order chi connectivity index (χ1) is 10.2. The minimum atomic E-state index is -0.367. The van der Waals surface area contributed by atoms with Crippen LogP contribution >= 0.6 is 0 Å². The van der Waals surface area contributed by atoms with E-state index in [4.69, 9.17) is 10.00 Å². The lowest BCUT2D eigenvalue weighted by molar-refractivity contribution is 0.305. The first-order valence-electron chi connectivity index (χ1n) is 6.84. The molecule has 0 atom stereocenters. The van der Waals surface area contributed by atoms with Gasteiger partial charge in [0.2, 0.25) is 0 Å². The van der Waals surface area contributed by atoms with Crippen LogP contribution in [0.3, 0.4) is 0 Å². The molecule has 2 aromatic rings. The van der Waals surface area contributed by atoms with Crippen molar-refractivity contribution in [2.75, 3.05) is 6.54 Å². The standard InChI is InChI=1S/C17H17FN2O/c1-2-20-11-13-3-7-17(8-4-13)21-12-15-9-16(18)6-5-14(15)10-19/h3-9,20H,2,11-12H2,1H3. The minimum Gasteiger partial charge on any atom is -0.489 e. The summed E-state index contributed by atoms with van der Waals surface area (Å²) in [4.78, 5) is 0. The fourth-order valence-electron chi connectivity index (χ4n) is 1.92. The maximum absolute atomic E-state index is 13.2. The topological polar surface area (TPSA) is 45.0 Å². The molecule has 0 spiro atoms. The summed E-state index contributed by atoms with van der Waals surface area (Å²) in [6, 6.07) is 13.8. The van der Waals surface area contributed by atoms with Gasteiger partial charge in [0.05, 0.1) is 11.6 Å². The highest BCUT2D eigenvalue weighted by molar-refractivity contribution is 5.38. The third kappa shape index (κ3) is 4.30. The molecule has 0 bridgehead atoms. The van der Waals surface area contributed by atoms with Gasteiger partial charge in [-0.2, -0.15) is 5.26 Å². The molecule has 0 amide bonds. The van der Waals surface area contributed by atoms with Gasteiger partial charge in [-0.1, -0.05) is 19.1 Å². The average molecular weight is 284 g/mol. The molecule has 0 radical (unpaired) electrons. The van der Waals surface area contributed by atoms with Gasteiger partial charge in [0.25, 0.3) is 0 Å². The first-order valence-corrected chi connectivity index (χ1v) is 6.84. The van der Waals surface area contributed by atoms with Crippen molar-refractivity contribution in [3.63, 3.8) is 0 Å². The lowest BCUT2D eigenvalue weighted by Crippen LogP contribution is -2.11. The van der Waals surface area contributed by atoms with Crippen molar-refractivity contribution in [3.8, 4) is 11.8 Å². The minimum absolute atomic E-state index is 0.174. The Bertz CT molecular complexity index is 632. The summed E-state index contributed by atoms with van der Waals surface area (Å²) in [6.45, 7) is 3.98. The van der Waals surface area contributed by atoms with E-state index in [1.54, 1.807) is 0 Å². The summed E-state index contributed by atoms with van der Waals surface area (Å²) in [6.07, 6.45) is 0. The van der Waals surface area contributed by atoms with Crippen LogP contribution in [0.2, 0.25) is 0 Å². The number of nitriles is 1. The molecule has 0 aromatic heterocycles. The number of hydrogen-bond donors (Lipinski definition) is 1. The summed E-state index contributed by atoms with van der Waals surface area (Å²) >= 11 is 0. The van der Waals surface area contributed by atoms with Crippen LogP contribution in [0.5, 0.6) is 5.75 Å². The van der Waals surface area contributed by atoms with E-state index < -0.39 is 0 Å². The molecule has 0 saturated heterocycles. The lowest BCUT2D eigenvalue weighted by atomic mass is 10.1. The second kappa shape index (κ2) is 7.41. The molecule has 0 aliphatic heterocycles. The summed E-state index contributed by atoms with van der Waals surface area (Å²) in [5.41, 5.74) is 2.15. The molecule has 0 saturated carbocycles. The smallest absolute Gasteiger partial charge is 0.123 e. The van der Waals surface area contributed by atoms with E-state index in [1.807, 2.05) is 30.3 Å². The zero-order valence-electron chi connectivity index (χ0n) is 11.9. The van der Waals surface area contributed by atoms with Gasteiger partial charge in [0.1, 0.15) is 18.2 Å². The summed E-state index contributed by atoms with van der Waals surface area (Å²) in [5.74, 6) is 0.331. The summed E-state index contributed by atoms with van der Waals surface area (Å²) in [5, 5.41) is 12.2. The molecule has 2 rings (SSSR count). The number of rotatable bonds is 6. The van der Waals surface area contributed by atoms with Crippen molar-refractivity contribution in [1.82, 2.24) is 5.32 Å². The van der Waals surface area contributed by atoms with E-state index in [9.17, 15) is 4.39 Å². The van der Waals surface area contributed by atoms with Crippen LogP contribution in [0.4, 0.5) is 4.39 Å². The van der Waals surface area contributed by atoms with E-state index in [0.29, 0.717) is 16.9 Å². The number of halogens is 1. The molecule has 0 fully saturated rings. The van der Waals surface area contributed by atoms with Crippen molar-refractivity contribution >= 4 is 0 Å². The molecular weight excluding hydrogens is 267 g/mol. The van der Waals surface area contributed by atoms with Crippen molar-refractivity contribution < 1.29 is 9.13 Å². The third-order valence-corrected chi connectivity index (χ3v) is 3.08. The van der Waals surface area contributed by atoms with Crippen LogP contribution in [0.25, 0.3) is 0 Å². The fraction of sp³-hybridized carbons (Fsp3) is 0.235. The molecule has 4 heteroatoms. The monoisotopic (exact) mass is 284 g/mol. The molecule has 0 unspecified atom stereocenters. The quantitative estimate of drug-likeness (QED) is 0.884. The highest BCUT2D eigenvalue weighted by atomic mass is 19.1. The predicted molar refractivity (Wildman–Crippen MR) is 79.3 cm³/mol. The molecule has 3 nitrogen and oxygen atoms in total. The normalized spacial score (nSPS) is 10.1. The van der Waals surface area contributed by atoms with E-state index in [2.05, 4.69) is 12.2 Å². The second-order valence-electron chi connectivity index (χ2n) is 4.63. The van der Waals surface area contributed by atoms with Gasteiger partial charge >= 0.3 is 0 Å². The van der Waals surface area contributed by atoms with Crippen LogP contribution < -0.4 is 10.1 Å². The van der Waals surface area contributed by atoms with E-state index in [-0.39, 0.29) is 12.4 Å². The maximum Gasteiger partial charge on any atom is 0.123 e. The Labute approximate surface area is 124 Å². The fourth-order valence-corrected chi connectivity index (χ4v) is 1.92. The van der Waals surface area contributed by atoms with Crippen LogP contribution in [0, 0.1) is 17.1 Å². The van der Waals surface area contributed by atoms with Crippen LogP contribution in [-0.4, -0.2) is 6.54 Å². The molecule has 0 aliphatic rings. The Morgan fingerprint density at radius 1 is 1.19 bits per heavy atom. The Kier molecular flexibility index (Phi) is 5.30. The van der Waals surface area contributed by atoms with Gasteiger partial charge in [-0.15, -0.1) is 0 Å². The molecule has 2 aromatic carbocycles. The number of nitrogens with zero attached hydrogens (tertiary/aromatic N) is 1. The number of ether oxygens (including phenoxy) is 1. The Balaban J connectivity index is 2.00. The molecule has 108 valence electrons. The van der Waals surface area contributed by atoms with Crippen LogP contribution in [0.1, 0.15) is 23.6 Å². The molecule has 0 heterocycles. The third-order valence-electron chi connectivity index (χ3n) is 3.08. The molecule has 0 aliphatic carbocycles. The Morgan fingerprint density at radius 3 is 2.62 bits per heavy atom. The van der Waals surface area contributed by atoms with Crippen molar-refractivity contribution in [3.05, 3.63) is 65.0 Å². The predicted octanol–water partition coefficient (Wildman–Crippen LogP) is 3.39. The molecule has 1 N–H and O–H groups in total. The van der Waals surface area contributed by atoms with E-state index in [0.717, 1.165) is 13.1 Å². The number of benzene rings is 2.